The van der Waals surface area contributed by atoms with E-state index >= 15 is 0 Å². The number of hydrogen-bond donors (Lipinski definition) is 2. The summed E-state index contributed by atoms with van der Waals surface area (Å²) in [5.74, 6) is -1.86. The Balaban J connectivity index is 2.09. The van der Waals surface area contributed by atoms with E-state index in [2.05, 4.69) is 30.0 Å². The van der Waals surface area contributed by atoms with Gasteiger partial charge in [0, 0.05) is 24.9 Å². The van der Waals surface area contributed by atoms with Gasteiger partial charge in [0.05, 0.1) is 23.9 Å². The Hall–Kier alpha value is -3.67. The van der Waals surface area contributed by atoms with Crippen LogP contribution >= 0.6 is 0 Å². The van der Waals surface area contributed by atoms with Gasteiger partial charge in [0.15, 0.2) is 12.0 Å². The Morgan fingerprint density at radius 1 is 1.29 bits per heavy atom. The van der Waals surface area contributed by atoms with E-state index in [1.165, 1.54) is 0 Å². The van der Waals surface area contributed by atoms with E-state index in [0.29, 0.717) is 24.4 Å². The highest BCUT2D eigenvalue weighted by molar-refractivity contribution is 6.00. The van der Waals surface area contributed by atoms with Crippen LogP contribution in [0.5, 0.6) is 5.75 Å². The summed E-state index contributed by atoms with van der Waals surface area (Å²) in [6.45, 7) is 4.00. The van der Waals surface area contributed by atoms with Crippen LogP contribution < -0.4 is 10.5 Å². The minimum absolute atomic E-state index is 0.162. The molecule has 8 nitrogen and oxygen atoms in total. The maximum absolute atomic E-state index is 11.0. The molecule has 1 unspecified atom stereocenters. The zero-order valence-corrected chi connectivity index (χ0v) is 17.3. The normalized spacial score (nSPS) is 24.6. The van der Waals surface area contributed by atoms with E-state index in [1.807, 2.05) is 6.08 Å². The number of nitrogens with one attached hydrogen (secondary N) is 1. The fraction of sp³-hybridized carbons (Fsp3) is 0.435. The molecule has 1 saturated carbocycles. The predicted molar refractivity (Wildman–Crippen MR) is 113 cm³/mol. The Morgan fingerprint density at radius 2 is 1.97 bits per heavy atom. The SMILES string of the molecule is CCCN1CC=C2C(C#N)C(=N)C(C#N)(C#N)[C@H](c3ccc(OCC(N)=O)cc3)[C@H]2C1. The molecule has 1 amide bonds. The van der Waals surface area contributed by atoms with Gasteiger partial charge in [0.25, 0.3) is 5.91 Å². The molecule has 1 fully saturated rings. The Labute approximate surface area is 181 Å². The second-order valence-electron chi connectivity index (χ2n) is 7.88. The van der Waals surface area contributed by atoms with Gasteiger partial charge < -0.3 is 15.9 Å². The van der Waals surface area contributed by atoms with Crippen molar-refractivity contribution in [1.82, 2.24) is 4.90 Å². The number of carbonyl (C=O) groups is 1. The van der Waals surface area contributed by atoms with Crippen molar-refractivity contribution >= 4 is 11.6 Å². The van der Waals surface area contributed by atoms with E-state index in [4.69, 9.17) is 15.9 Å². The molecular formula is C23H24N6O2. The summed E-state index contributed by atoms with van der Waals surface area (Å²) in [4.78, 5) is 13.2. The first kappa shape index (κ1) is 22.0. The average molecular weight is 416 g/mol. The third-order valence-electron chi connectivity index (χ3n) is 6.03. The van der Waals surface area contributed by atoms with E-state index < -0.39 is 23.2 Å². The number of fused-ring (bicyclic) bond motifs is 1. The molecule has 0 aromatic heterocycles. The van der Waals surface area contributed by atoms with Crippen LogP contribution in [-0.4, -0.2) is 42.8 Å². The lowest BCUT2D eigenvalue weighted by molar-refractivity contribution is -0.119. The molecule has 0 saturated heterocycles. The van der Waals surface area contributed by atoms with Crippen molar-refractivity contribution in [2.24, 2.45) is 23.0 Å². The number of ether oxygens (including phenoxy) is 1. The maximum atomic E-state index is 11.0. The number of nitrogens with two attached hydrogens (primary N) is 1. The van der Waals surface area contributed by atoms with Crippen LogP contribution in [0.1, 0.15) is 24.8 Å². The van der Waals surface area contributed by atoms with Crippen molar-refractivity contribution in [2.45, 2.75) is 19.3 Å². The zero-order valence-electron chi connectivity index (χ0n) is 17.3. The Morgan fingerprint density at radius 3 is 2.52 bits per heavy atom. The summed E-state index contributed by atoms with van der Waals surface area (Å²) in [5.41, 5.74) is 4.74. The van der Waals surface area contributed by atoms with Gasteiger partial charge in [-0.25, -0.2) is 0 Å². The fourth-order valence-electron chi connectivity index (χ4n) is 4.67. The smallest absolute Gasteiger partial charge is 0.255 e. The van der Waals surface area contributed by atoms with Crippen LogP contribution in [0, 0.1) is 56.7 Å². The largest absolute Gasteiger partial charge is 0.484 e. The van der Waals surface area contributed by atoms with Gasteiger partial charge in [-0.05, 0) is 36.2 Å². The molecular weight excluding hydrogens is 392 g/mol. The van der Waals surface area contributed by atoms with Crippen LogP contribution in [0.2, 0.25) is 0 Å². The number of primary amides is 1. The summed E-state index contributed by atoms with van der Waals surface area (Å²) < 4.78 is 5.32. The van der Waals surface area contributed by atoms with Crippen molar-refractivity contribution in [3.05, 3.63) is 41.5 Å². The van der Waals surface area contributed by atoms with E-state index in [-0.39, 0.29) is 18.2 Å². The van der Waals surface area contributed by atoms with Gasteiger partial charge in [-0.3, -0.25) is 9.69 Å². The monoisotopic (exact) mass is 416 g/mol. The van der Waals surface area contributed by atoms with E-state index in [9.17, 15) is 20.6 Å². The molecule has 1 aromatic rings. The quantitative estimate of drug-likeness (QED) is 0.678. The van der Waals surface area contributed by atoms with Crippen LogP contribution in [0.3, 0.4) is 0 Å². The minimum atomic E-state index is -1.74. The molecule has 1 aliphatic carbocycles. The molecule has 0 bridgehead atoms. The summed E-state index contributed by atoms with van der Waals surface area (Å²) in [7, 11) is 0. The lowest BCUT2D eigenvalue weighted by Gasteiger charge is -2.47. The molecule has 1 aromatic carbocycles. The predicted octanol–water partition coefficient (Wildman–Crippen LogP) is 2.11. The molecule has 3 atom stereocenters. The average Bonchev–Trinajstić information content (AvgIpc) is 2.78. The van der Waals surface area contributed by atoms with Crippen LogP contribution in [-0.2, 0) is 4.79 Å². The summed E-state index contributed by atoms with van der Waals surface area (Å²) in [6.07, 6.45) is 2.95. The fourth-order valence-corrected chi connectivity index (χ4v) is 4.67. The first-order valence-electron chi connectivity index (χ1n) is 10.2. The molecule has 158 valence electrons. The number of nitriles is 3. The highest BCUT2D eigenvalue weighted by atomic mass is 16.5. The standard InChI is InChI=1S/C23H24N6O2/c1-2-8-29-9-7-17-18(10-24)22(28)23(13-25,14-26)21(19(17)11-29)15-3-5-16(6-4-15)31-12-20(27)30/h3-7,18-19,21,28H,2,8-9,11-12H2,1H3,(H2,27,30)/t18?,19-,21+/m0/s1. The number of nitrogens with zero attached hydrogens (tertiary/aromatic N) is 4. The lowest BCUT2D eigenvalue weighted by atomic mass is 9.54. The zero-order chi connectivity index (χ0) is 22.6. The van der Waals surface area contributed by atoms with Crippen LogP contribution in [0.25, 0.3) is 0 Å². The third kappa shape index (κ3) is 3.89. The first-order valence-corrected chi connectivity index (χ1v) is 10.2. The molecule has 1 heterocycles. The Bertz CT molecular complexity index is 1010. The molecule has 31 heavy (non-hydrogen) atoms. The van der Waals surface area contributed by atoms with Gasteiger partial charge in [0.2, 0.25) is 0 Å². The molecule has 8 heteroatoms. The number of rotatable bonds is 6. The molecule has 3 rings (SSSR count). The molecule has 1 aliphatic heterocycles. The number of amides is 1. The lowest BCUT2D eigenvalue weighted by Crippen LogP contribution is -2.52. The molecule has 3 N–H and O–H groups in total. The van der Waals surface area contributed by atoms with Crippen molar-refractivity contribution in [2.75, 3.05) is 26.2 Å². The highest BCUT2D eigenvalue weighted by Crippen LogP contribution is 2.53. The highest BCUT2D eigenvalue weighted by Gasteiger charge is 2.57. The van der Waals surface area contributed by atoms with Crippen molar-refractivity contribution in [3.8, 4) is 24.0 Å². The Kier molecular flexibility index (Phi) is 6.39. The second kappa shape index (κ2) is 9.00. The minimum Gasteiger partial charge on any atom is -0.484 e. The second-order valence-corrected chi connectivity index (χ2v) is 7.88. The van der Waals surface area contributed by atoms with Gasteiger partial charge in [0.1, 0.15) is 11.7 Å². The maximum Gasteiger partial charge on any atom is 0.255 e. The summed E-state index contributed by atoms with van der Waals surface area (Å²) >= 11 is 0. The topological polar surface area (TPSA) is 151 Å². The molecule has 0 radical (unpaired) electrons. The van der Waals surface area contributed by atoms with E-state index in [1.54, 1.807) is 24.3 Å². The molecule has 0 spiro atoms. The van der Waals surface area contributed by atoms with Crippen LogP contribution in [0.15, 0.2) is 35.9 Å². The van der Waals surface area contributed by atoms with Gasteiger partial charge in [-0.2, -0.15) is 15.8 Å². The number of carbonyl (C=O) groups excluding carboxylic acids is 1. The van der Waals surface area contributed by atoms with Gasteiger partial charge >= 0.3 is 0 Å². The first-order chi connectivity index (χ1) is 14.9. The molecule has 2 aliphatic rings. The van der Waals surface area contributed by atoms with E-state index in [0.717, 1.165) is 18.5 Å². The number of benzene rings is 1. The summed E-state index contributed by atoms with van der Waals surface area (Å²) in [6, 6.07) is 13.2. The summed E-state index contributed by atoms with van der Waals surface area (Å²) in [5, 5.41) is 38.6. The van der Waals surface area contributed by atoms with Crippen LogP contribution in [0.4, 0.5) is 0 Å². The van der Waals surface area contributed by atoms with Gasteiger partial charge in [-0.15, -0.1) is 0 Å². The van der Waals surface area contributed by atoms with Crippen molar-refractivity contribution < 1.29 is 9.53 Å². The van der Waals surface area contributed by atoms with Gasteiger partial charge in [-0.1, -0.05) is 25.1 Å². The number of hydrogen-bond acceptors (Lipinski definition) is 7. The van der Waals surface area contributed by atoms with Crippen molar-refractivity contribution in [1.29, 1.82) is 21.2 Å². The third-order valence-corrected chi connectivity index (χ3v) is 6.03. The van der Waals surface area contributed by atoms with Crippen molar-refractivity contribution in [3.63, 3.8) is 0 Å².